The molecule has 26 heavy (non-hydrogen) atoms. The molecule has 7 nitrogen and oxygen atoms in total. The van der Waals surface area contributed by atoms with Crippen LogP contribution >= 0.6 is 11.6 Å². The smallest absolute Gasteiger partial charge is 0.240 e. The number of nitrogens with zero attached hydrogens (tertiary/aromatic N) is 1. The molecule has 2 aromatic carbocycles. The lowest BCUT2D eigenvalue weighted by molar-refractivity contribution is -0.116. The molecule has 3 rings (SSSR count). The van der Waals surface area contributed by atoms with Crippen molar-refractivity contribution in [2.24, 2.45) is 0 Å². The number of carbonyl (C=O) groups is 1. The number of benzene rings is 2. The number of ether oxygens (including phenoxy) is 2. The third kappa shape index (κ3) is 4.09. The molecule has 0 bridgehead atoms. The summed E-state index contributed by atoms with van der Waals surface area (Å²) in [6.07, 6.45) is 0. The van der Waals surface area contributed by atoms with Gasteiger partial charge in [-0.2, -0.15) is 0 Å². The molecule has 0 fully saturated rings. The van der Waals surface area contributed by atoms with E-state index in [9.17, 15) is 13.2 Å². The van der Waals surface area contributed by atoms with Gasteiger partial charge in [0.05, 0.1) is 4.90 Å². The van der Waals surface area contributed by atoms with Crippen molar-refractivity contribution in [2.75, 3.05) is 24.8 Å². The molecular weight excluding hydrogens is 380 g/mol. The third-order valence-electron chi connectivity index (χ3n) is 3.80. The van der Waals surface area contributed by atoms with Gasteiger partial charge < -0.3 is 14.4 Å². The van der Waals surface area contributed by atoms with Gasteiger partial charge in [-0.3, -0.25) is 4.79 Å². The maximum atomic E-state index is 12.4. The summed E-state index contributed by atoms with van der Waals surface area (Å²) < 4.78 is 37.7. The van der Waals surface area contributed by atoms with Gasteiger partial charge in [0.1, 0.15) is 0 Å². The second kappa shape index (κ2) is 7.53. The second-order valence-electron chi connectivity index (χ2n) is 5.56. The number of rotatable bonds is 6. The summed E-state index contributed by atoms with van der Waals surface area (Å²) in [6, 6.07) is 11.1. The summed E-state index contributed by atoms with van der Waals surface area (Å²) in [5.74, 6) is 0.698. The Kier molecular flexibility index (Phi) is 5.36. The fraction of sp³-hybridized carbons (Fsp3) is 0.235. The van der Waals surface area contributed by atoms with E-state index < -0.39 is 10.0 Å². The predicted octanol–water partition coefficient (Wildman–Crippen LogP) is 2.40. The molecule has 1 heterocycles. The van der Waals surface area contributed by atoms with Crippen molar-refractivity contribution in [3.63, 3.8) is 0 Å². The fourth-order valence-electron chi connectivity index (χ4n) is 2.51. The third-order valence-corrected chi connectivity index (χ3v) is 5.51. The van der Waals surface area contributed by atoms with E-state index in [1.807, 2.05) is 0 Å². The van der Waals surface area contributed by atoms with Gasteiger partial charge in [-0.25, -0.2) is 13.1 Å². The Balaban J connectivity index is 1.67. The van der Waals surface area contributed by atoms with Gasteiger partial charge in [-0.1, -0.05) is 11.6 Å². The Labute approximate surface area is 156 Å². The molecule has 0 spiro atoms. The molecule has 0 aliphatic carbocycles. The number of amides is 1. The highest BCUT2D eigenvalue weighted by Crippen LogP contribution is 2.33. The number of carbonyl (C=O) groups excluding carboxylic acids is 1. The molecular formula is C17H17ClN2O5S. The molecule has 0 radical (unpaired) electrons. The molecule has 9 heteroatoms. The van der Waals surface area contributed by atoms with Crippen LogP contribution in [0.25, 0.3) is 0 Å². The van der Waals surface area contributed by atoms with Gasteiger partial charge in [0.15, 0.2) is 11.5 Å². The van der Waals surface area contributed by atoms with E-state index in [-0.39, 0.29) is 30.7 Å². The Hall–Kier alpha value is -2.29. The second-order valence-corrected chi connectivity index (χ2v) is 7.76. The minimum atomic E-state index is -3.74. The van der Waals surface area contributed by atoms with Crippen molar-refractivity contribution < 1.29 is 22.7 Å². The van der Waals surface area contributed by atoms with Gasteiger partial charge in [-0.15, -0.1) is 0 Å². The van der Waals surface area contributed by atoms with E-state index in [2.05, 4.69) is 4.72 Å². The van der Waals surface area contributed by atoms with Crippen molar-refractivity contribution in [1.82, 2.24) is 4.72 Å². The molecule has 0 aromatic heterocycles. The van der Waals surface area contributed by atoms with E-state index in [0.717, 1.165) is 0 Å². The number of hydrogen-bond acceptors (Lipinski definition) is 5. The lowest BCUT2D eigenvalue weighted by Crippen LogP contribution is -2.37. The molecule has 0 saturated heterocycles. The first-order valence-electron chi connectivity index (χ1n) is 7.80. The quantitative estimate of drug-likeness (QED) is 0.810. The van der Waals surface area contributed by atoms with Crippen LogP contribution in [0.15, 0.2) is 47.4 Å². The Bertz CT molecular complexity index is 915. The van der Waals surface area contributed by atoms with E-state index in [0.29, 0.717) is 22.2 Å². The lowest BCUT2D eigenvalue weighted by atomic mass is 10.3. The average Bonchev–Trinajstić information content (AvgIpc) is 3.07. The summed E-state index contributed by atoms with van der Waals surface area (Å²) in [5.41, 5.74) is 0.643. The van der Waals surface area contributed by atoms with Crippen LogP contribution in [-0.4, -0.2) is 34.2 Å². The number of sulfonamides is 1. The van der Waals surface area contributed by atoms with Crippen LogP contribution in [0.5, 0.6) is 11.5 Å². The van der Waals surface area contributed by atoms with Crippen LogP contribution in [0, 0.1) is 0 Å². The Morgan fingerprint density at radius 1 is 1.15 bits per heavy atom. The van der Waals surface area contributed by atoms with Gasteiger partial charge in [0.2, 0.25) is 22.7 Å². The SMILES string of the molecule is CC(=O)N(CCNS(=O)(=O)c1ccc2c(c1)OCO2)c1ccc(Cl)cc1. The number of anilines is 1. The van der Waals surface area contributed by atoms with Crippen molar-refractivity contribution in [2.45, 2.75) is 11.8 Å². The first kappa shape index (κ1) is 18.5. The van der Waals surface area contributed by atoms with E-state index >= 15 is 0 Å². The van der Waals surface area contributed by atoms with Gasteiger partial charge >= 0.3 is 0 Å². The van der Waals surface area contributed by atoms with Crippen LogP contribution < -0.4 is 19.1 Å². The average molecular weight is 397 g/mol. The van der Waals surface area contributed by atoms with E-state index in [1.165, 1.54) is 24.0 Å². The zero-order chi connectivity index (χ0) is 18.7. The van der Waals surface area contributed by atoms with E-state index in [1.54, 1.807) is 30.3 Å². The number of halogens is 1. The van der Waals surface area contributed by atoms with Gasteiger partial charge in [-0.05, 0) is 36.4 Å². The van der Waals surface area contributed by atoms with Crippen molar-refractivity contribution in [3.05, 3.63) is 47.5 Å². The summed E-state index contributed by atoms with van der Waals surface area (Å²) in [7, 11) is -3.74. The van der Waals surface area contributed by atoms with Crippen molar-refractivity contribution >= 4 is 33.2 Å². The number of hydrogen-bond donors (Lipinski definition) is 1. The minimum Gasteiger partial charge on any atom is -0.454 e. The molecule has 0 unspecified atom stereocenters. The molecule has 0 saturated carbocycles. The topological polar surface area (TPSA) is 84.9 Å². The zero-order valence-corrected chi connectivity index (χ0v) is 15.5. The Morgan fingerprint density at radius 3 is 2.54 bits per heavy atom. The summed E-state index contributed by atoms with van der Waals surface area (Å²) in [5, 5.41) is 0.556. The molecule has 1 aliphatic heterocycles. The van der Waals surface area contributed by atoms with Crippen LogP contribution in [-0.2, 0) is 14.8 Å². The fourth-order valence-corrected chi connectivity index (χ4v) is 3.67. The predicted molar refractivity (Wildman–Crippen MR) is 97.2 cm³/mol. The number of nitrogens with one attached hydrogen (secondary N) is 1. The van der Waals surface area contributed by atoms with Crippen LogP contribution in [0.3, 0.4) is 0 Å². The molecule has 2 aromatic rings. The highest BCUT2D eigenvalue weighted by molar-refractivity contribution is 7.89. The summed E-state index contributed by atoms with van der Waals surface area (Å²) in [4.78, 5) is 13.4. The van der Waals surface area contributed by atoms with Gasteiger partial charge in [0, 0.05) is 36.8 Å². The van der Waals surface area contributed by atoms with Crippen LogP contribution in [0.4, 0.5) is 5.69 Å². The number of fused-ring (bicyclic) bond motifs is 1. The molecule has 1 amide bonds. The maximum absolute atomic E-state index is 12.4. The maximum Gasteiger partial charge on any atom is 0.240 e. The zero-order valence-electron chi connectivity index (χ0n) is 13.9. The lowest BCUT2D eigenvalue weighted by Gasteiger charge is -2.21. The monoisotopic (exact) mass is 396 g/mol. The van der Waals surface area contributed by atoms with E-state index in [4.69, 9.17) is 21.1 Å². The van der Waals surface area contributed by atoms with Crippen LogP contribution in [0.2, 0.25) is 5.02 Å². The molecule has 1 N–H and O–H groups in total. The summed E-state index contributed by atoms with van der Waals surface area (Å²) in [6.45, 7) is 1.72. The van der Waals surface area contributed by atoms with Crippen LogP contribution in [0.1, 0.15) is 6.92 Å². The largest absolute Gasteiger partial charge is 0.454 e. The first-order chi connectivity index (χ1) is 12.4. The van der Waals surface area contributed by atoms with Crippen molar-refractivity contribution in [1.29, 1.82) is 0 Å². The highest BCUT2D eigenvalue weighted by atomic mass is 35.5. The summed E-state index contributed by atoms with van der Waals surface area (Å²) >= 11 is 5.85. The molecule has 1 aliphatic rings. The standard InChI is InChI=1S/C17H17ClN2O5S/c1-12(21)20(14-4-2-13(18)3-5-14)9-8-19-26(22,23)15-6-7-16-17(10-15)25-11-24-16/h2-7,10,19H,8-9,11H2,1H3. The minimum absolute atomic E-state index is 0.0545. The van der Waals surface area contributed by atoms with Gasteiger partial charge in [0.25, 0.3) is 0 Å². The Morgan fingerprint density at radius 2 is 1.85 bits per heavy atom. The molecule has 0 atom stereocenters. The normalized spacial score (nSPS) is 12.8. The highest BCUT2D eigenvalue weighted by Gasteiger charge is 2.20. The molecule has 138 valence electrons. The first-order valence-corrected chi connectivity index (χ1v) is 9.66. The van der Waals surface area contributed by atoms with Crippen molar-refractivity contribution in [3.8, 4) is 11.5 Å².